The molecule has 1 N–H and O–H groups in total. The van der Waals surface area contributed by atoms with E-state index in [-0.39, 0.29) is 23.7 Å². The number of carbonyl (C=O) groups excluding carboxylic acids is 1. The maximum Gasteiger partial charge on any atom is 0.236 e. The van der Waals surface area contributed by atoms with E-state index in [1.54, 1.807) is 7.11 Å². The van der Waals surface area contributed by atoms with Gasteiger partial charge in [-0.25, -0.2) is 8.42 Å². The quantitative estimate of drug-likeness (QED) is 0.815. The molecule has 1 amide bonds. The summed E-state index contributed by atoms with van der Waals surface area (Å²) in [7, 11) is -1.84. The van der Waals surface area contributed by atoms with Crippen molar-refractivity contribution in [3.05, 3.63) is 0 Å². The SMILES string of the molecule is COC1CCCC(C(=O)NS(=O)(=O)CCC2CCCC2)C1. The number of nitrogens with one attached hydrogen (secondary N) is 1. The predicted octanol–water partition coefficient (Wildman–Crippen LogP) is 2.22. The van der Waals surface area contributed by atoms with E-state index in [2.05, 4.69) is 4.72 Å². The summed E-state index contributed by atoms with van der Waals surface area (Å²) in [6.45, 7) is 0. The number of sulfonamides is 1. The van der Waals surface area contributed by atoms with Crippen LogP contribution in [0.1, 0.15) is 57.8 Å². The average molecular weight is 317 g/mol. The minimum absolute atomic E-state index is 0.0732. The first-order chi connectivity index (χ1) is 10.00. The van der Waals surface area contributed by atoms with Crippen LogP contribution in [0.2, 0.25) is 0 Å². The molecule has 2 atom stereocenters. The van der Waals surface area contributed by atoms with E-state index in [1.807, 2.05) is 0 Å². The van der Waals surface area contributed by atoms with Gasteiger partial charge in [-0.15, -0.1) is 0 Å². The van der Waals surface area contributed by atoms with E-state index < -0.39 is 10.0 Å². The Hall–Kier alpha value is -0.620. The lowest BCUT2D eigenvalue weighted by Crippen LogP contribution is -2.40. The molecule has 2 aliphatic rings. The fraction of sp³-hybridized carbons (Fsp3) is 0.933. The van der Waals surface area contributed by atoms with E-state index in [0.717, 1.165) is 32.1 Å². The van der Waals surface area contributed by atoms with Gasteiger partial charge in [0.25, 0.3) is 0 Å². The standard InChI is InChI=1S/C15H27NO4S/c1-20-14-8-4-7-13(11-14)15(17)16-21(18,19)10-9-12-5-2-3-6-12/h12-14H,2-11H2,1H3,(H,16,17). The largest absolute Gasteiger partial charge is 0.381 e. The van der Waals surface area contributed by atoms with Crippen LogP contribution in [0.15, 0.2) is 0 Å². The molecule has 2 rings (SSSR count). The van der Waals surface area contributed by atoms with Crippen LogP contribution in [0.5, 0.6) is 0 Å². The van der Waals surface area contributed by atoms with Crippen LogP contribution in [-0.4, -0.2) is 33.3 Å². The van der Waals surface area contributed by atoms with Crippen molar-refractivity contribution in [2.45, 2.75) is 63.9 Å². The molecule has 2 aliphatic carbocycles. The van der Waals surface area contributed by atoms with Gasteiger partial charge in [0.2, 0.25) is 15.9 Å². The number of rotatable bonds is 6. The molecular weight excluding hydrogens is 290 g/mol. The summed E-state index contributed by atoms with van der Waals surface area (Å²) in [6.07, 6.45) is 8.67. The first-order valence-corrected chi connectivity index (χ1v) is 9.72. The second-order valence-electron chi connectivity index (χ2n) is 6.45. The summed E-state index contributed by atoms with van der Waals surface area (Å²) in [5.74, 6) is 0.0152. The summed E-state index contributed by atoms with van der Waals surface area (Å²) in [5, 5.41) is 0. The first-order valence-electron chi connectivity index (χ1n) is 8.07. The molecular formula is C15H27NO4S. The highest BCUT2D eigenvalue weighted by Crippen LogP contribution is 2.28. The van der Waals surface area contributed by atoms with Crippen LogP contribution in [0, 0.1) is 11.8 Å². The molecule has 0 aromatic carbocycles. The Morgan fingerprint density at radius 1 is 1.14 bits per heavy atom. The molecule has 0 aromatic rings. The molecule has 0 saturated heterocycles. The third kappa shape index (κ3) is 5.25. The Bertz CT molecular complexity index is 443. The van der Waals surface area contributed by atoms with Crippen molar-refractivity contribution in [2.24, 2.45) is 11.8 Å². The molecule has 0 bridgehead atoms. The maximum atomic E-state index is 12.1. The number of hydrogen-bond acceptors (Lipinski definition) is 4. The van der Waals surface area contributed by atoms with Crippen LogP contribution < -0.4 is 4.72 Å². The molecule has 2 unspecified atom stereocenters. The van der Waals surface area contributed by atoms with Crippen LogP contribution >= 0.6 is 0 Å². The Kier molecular flexibility index (Phi) is 6.05. The molecule has 2 fully saturated rings. The number of carbonyl (C=O) groups is 1. The van der Waals surface area contributed by atoms with Gasteiger partial charge in [0.15, 0.2) is 0 Å². The smallest absolute Gasteiger partial charge is 0.236 e. The van der Waals surface area contributed by atoms with Crippen LogP contribution in [0.4, 0.5) is 0 Å². The monoisotopic (exact) mass is 317 g/mol. The Morgan fingerprint density at radius 3 is 2.52 bits per heavy atom. The molecule has 6 heteroatoms. The highest BCUT2D eigenvalue weighted by atomic mass is 32.2. The van der Waals surface area contributed by atoms with Gasteiger partial charge >= 0.3 is 0 Å². The van der Waals surface area contributed by atoms with E-state index in [1.165, 1.54) is 12.8 Å². The van der Waals surface area contributed by atoms with Crippen molar-refractivity contribution in [2.75, 3.05) is 12.9 Å². The lowest BCUT2D eigenvalue weighted by molar-refractivity contribution is -0.125. The van der Waals surface area contributed by atoms with E-state index in [9.17, 15) is 13.2 Å². The minimum Gasteiger partial charge on any atom is -0.381 e. The van der Waals surface area contributed by atoms with Crippen LogP contribution in [0.25, 0.3) is 0 Å². The summed E-state index contributed by atoms with van der Waals surface area (Å²) in [4.78, 5) is 12.1. The number of ether oxygens (including phenoxy) is 1. The fourth-order valence-electron chi connectivity index (χ4n) is 3.51. The van der Waals surface area contributed by atoms with E-state index in [4.69, 9.17) is 4.74 Å². The average Bonchev–Trinajstić information content (AvgIpc) is 2.98. The maximum absolute atomic E-state index is 12.1. The minimum atomic E-state index is -3.48. The molecule has 5 nitrogen and oxygen atoms in total. The van der Waals surface area contributed by atoms with Gasteiger partial charge in [-0.1, -0.05) is 32.1 Å². The summed E-state index contributed by atoms with van der Waals surface area (Å²) < 4.78 is 31.6. The predicted molar refractivity (Wildman–Crippen MR) is 81.3 cm³/mol. The third-order valence-electron chi connectivity index (χ3n) is 4.86. The second-order valence-corrected chi connectivity index (χ2v) is 8.29. The van der Waals surface area contributed by atoms with Crippen molar-refractivity contribution in [1.82, 2.24) is 4.72 Å². The van der Waals surface area contributed by atoms with Gasteiger partial charge in [0.1, 0.15) is 0 Å². The Morgan fingerprint density at radius 2 is 1.86 bits per heavy atom. The molecule has 0 spiro atoms. The lowest BCUT2D eigenvalue weighted by atomic mass is 9.87. The molecule has 0 aromatic heterocycles. The van der Waals surface area contributed by atoms with Crippen LogP contribution in [-0.2, 0) is 19.6 Å². The third-order valence-corrected chi connectivity index (χ3v) is 6.14. The summed E-state index contributed by atoms with van der Waals surface area (Å²) >= 11 is 0. The topological polar surface area (TPSA) is 72.5 Å². The van der Waals surface area contributed by atoms with Crippen molar-refractivity contribution in [3.8, 4) is 0 Å². The fourth-order valence-corrected chi connectivity index (χ4v) is 4.72. The van der Waals surface area contributed by atoms with Gasteiger partial charge in [-0.2, -0.15) is 0 Å². The van der Waals surface area contributed by atoms with E-state index in [0.29, 0.717) is 18.8 Å². The number of hydrogen-bond donors (Lipinski definition) is 1. The Labute approximate surface area is 127 Å². The molecule has 2 saturated carbocycles. The van der Waals surface area contributed by atoms with Gasteiger partial charge in [-0.05, 0) is 31.6 Å². The molecule has 0 heterocycles. The van der Waals surface area contributed by atoms with Crippen molar-refractivity contribution in [3.63, 3.8) is 0 Å². The van der Waals surface area contributed by atoms with Crippen molar-refractivity contribution >= 4 is 15.9 Å². The van der Waals surface area contributed by atoms with Crippen molar-refractivity contribution < 1.29 is 17.9 Å². The number of amides is 1. The van der Waals surface area contributed by atoms with Gasteiger partial charge in [0.05, 0.1) is 11.9 Å². The lowest BCUT2D eigenvalue weighted by Gasteiger charge is -2.27. The van der Waals surface area contributed by atoms with E-state index >= 15 is 0 Å². The Balaban J connectivity index is 1.79. The highest BCUT2D eigenvalue weighted by molar-refractivity contribution is 7.90. The van der Waals surface area contributed by atoms with Gasteiger partial charge in [0, 0.05) is 13.0 Å². The summed E-state index contributed by atoms with van der Waals surface area (Å²) in [5.41, 5.74) is 0. The number of methoxy groups -OCH3 is 1. The second kappa shape index (κ2) is 7.58. The first kappa shape index (κ1) is 16.7. The zero-order valence-corrected chi connectivity index (χ0v) is 13.7. The van der Waals surface area contributed by atoms with Gasteiger partial charge < -0.3 is 4.74 Å². The zero-order chi connectivity index (χ0) is 15.3. The summed E-state index contributed by atoms with van der Waals surface area (Å²) in [6, 6.07) is 0. The normalized spacial score (nSPS) is 27.7. The molecule has 0 radical (unpaired) electrons. The van der Waals surface area contributed by atoms with Gasteiger partial charge in [-0.3, -0.25) is 9.52 Å². The molecule has 21 heavy (non-hydrogen) atoms. The molecule has 0 aliphatic heterocycles. The molecule has 122 valence electrons. The van der Waals surface area contributed by atoms with Crippen LogP contribution in [0.3, 0.4) is 0 Å². The zero-order valence-electron chi connectivity index (χ0n) is 12.8. The highest BCUT2D eigenvalue weighted by Gasteiger charge is 2.29. The van der Waals surface area contributed by atoms with Crippen molar-refractivity contribution in [1.29, 1.82) is 0 Å².